The Labute approximate surface area is 96.5 Å². The molecule has 0 unspecified atom stereocenters. The van der Waals surface area contributed by atoms with Gasteiger partial charge in [-0.1, -0.05) is 18.2 Å². The van der Waals surface area contributed by atoms with Crippen LogP contribution in [0.3, 0.4) is 0 Å². The van der Waals surface area contributed by atoms with E-state index in [4.69, 9.17) is 4.74 Å². The van der Waals surface area contributed by atoms with Gasteiger partial charge in [0.05, 0.1) is 5.56 Å². The van der Waals surface area contributed by atoms with Crippen molar-refractivity contribution in [3.63, 3.8) is 0 Å². The second kappa shape index (κ2) is 4.49. The van der Waals surface area contributed by atoms with Gasteiger partial charge in [0.1, 0.15) is 11.5 Å². The van der Waals surface area contributed by atoms with E-state index in [9.17, 15) is 13.2 Å². The van der Waals surface area contributed by atoms with Gasteiger partial charge in [0.15, 0.2) is 0 Å². The molecule has 1 nitrogen and oxygen atoms in total. The Kier molecular flexibility index (Phi) is 3.04. The maximum atomic E-state index is 12.3. The van der Waals surface area contributed by atoms with Crippen LogP contribution in [0.2, 0.25) is 0 Å². The van der Waals surface area contributed by atoms with E-state index in [0.717, 1.165) is 6.07 Å². The van der Waals surface area contributed by atoms with E-state index < -0.39 is 11.7 Å². The molecule has 0 saturated carbocycles. The van der Waals surface area contributed by atoms with Crippen LogP contribution in [0.5, 0.6) is 11.5 Å². The van der Waals surface area contributed by atoms with E-state index >= 15 is 0 Å². The second-order valence-corrected chi connectivity index (χ2v) is 3.35. The number of ether oxygens (including phenoxy) is 1. The number of hydrogen-bond donors (Lipinski definition) is 0. The predicted octanol–water partition coefficient (Wildman–Crippen LogP) is 4.30. The summed E-state index contributed by atoms with van der Waals surface area (Å²) in [5.74, 6) is 0.893. The fraction of sp³-hybridized carbons (Fsp3) is 0.0769. The highest BCUT2D eigenvalue weighted by molar-refractivity contribution is 5.33. The Morgan fingerprint density at radius 1 is 0.882 bits per heavy atom. The Hall–Kier alpha value is -1.97. The van der Waals surface area contributed by atoms with Gasteiger partial charge in [0.25, 0.3) is 0 Å². The molecule has 0 amide bonds. The third kappa shape index (κ3) is 3.00. The van der Waals surface area contributed by atoms with Crippen molar-refractivity contribution in [1.82, 2.24) is 0 Å². The first-order valence-corrected chi connectivity index (χ1v) is 4.87. The zero-order chi connectivity index (χ0) is 12.3. The lowest BCUT2D eigenvalue weighted by Crippen LogP contribution is -2.04. The molecule has 4 heteroatoms. The molecule has 0 saturated heterocycles. The highest BCUT2D eigenvalue weighted by Gasteiger charge is 2.30. The van der Waals surface area contributed by atoms with Gasteiger partial charge in [-0.05, 0) is 36.4 Å². The molecule has 1 radical (unpaired) electrons. The molecule has 0 aliphatic heterocycles. The van der Waals surface area contributed by atoms with Crippen molar-refractivity contribution in [1.29, 1.82) is 0 Å². The Morgan fingerprint density at radius 2 is 1.59 bits per heavy atom. The maximum absolute atomic E-state index is 12.3. The molecule has 0 atom stereocenters. The van der Waals surface area contributed by atoms with E-state index in [1.54, 1.807) is 24.3 Å². The molecule has 0 aliphatic rings. The van der Waals surface area contributed by atoms with Crippen LogP contribution < -0.4 is 4.74 Å². The van der Waals surface area contributed by atoms with Gasteiger partial charge < -0.3 is 4.74 Å². The van der Waals surface area contributed by atoms with Gasteiger partial charge >= 0.3 is 6.18 Å². The van der Waals surface area contributed by atoms with Crippen molar-refractivity contribution >= 4 is 0 Å². The minimum atomic E-state index is -4.37. The van der Waals surface area contributed by atoms with Crippen LogP contribution in [0.4, 0.5) is 13.2 Å². The first-order chi connectivity index (χ1) is 8.05. The SMILES string of the molecule is FC(F)(F)c1[c]cc(Oc2ccccc2)cc1. The molecule has 0 spiro atoms. The van der Waals surface area contributed by atoms with Gasteiger partial charge in [0.2, 0.25) is 0 Å². The van der Waals surface area contributed by atoms with E-state index in [1.807, 2.05) is 6.07 Å². The van der Waals surface area contributed by atoms with Crippen molar-refractivity contribution in [3.8, 4) is 11.5 Å². The predicted molar refractivity (Wildman–Crippen MR) is 56.8 cm³/mol. The Morgan fingerprint density at radius 3 is 2.12 bits per heavy atom. The molecule has 87 valence electrons. The number of alkyl halides is 3. The Bertz CT molecular complexity index is 474. The molecule has 2 rings (SSSR count). The maximum Gasteiger partial charge on any atom is 0.417 e. The van der Waals surface area contributed by atoms with Crippen molar-refractivity contribution in [2.45, 2.75) is 6.18 Å². The first-order valence-electron chi connectivity index (χ1n) is 4.87. The summed E-state index contributed by atoms with van der Waals surface area (Å²) < 4.78 is 42.2. The zero-order valence-electron chi connectivity index (χ0n) is 8.66. The molecule has 0 N–H and O–H groups in total. The first kappa shape index (κ1) is 11.5. The third-order valence-electron chi connectivity index (χ3n) is 2.07. The molecular formula is C13H8F3O. The Balaban J connectivity index is 2.14. The molecule has 17 heavy (non-hydrogen) atoms. The van der Waals surface area contributed by atoms with E-state index in [1.165, 1.54) is 12.1 Å². The number of rotatable bonds is 2. The van der Waals surface area contributed by atoms with Crippen LogP contribution in [0.15, 0.2) is 48.5 Å². The topological polar surface area (TPSA) is 9.23 Å². The van der Waals surface area contributed by atoms with Crippen LogP contribution in [-0.4, -0.2) is 0 Å². The summed E-state index contributed by atoms with van der Waals surface area (Å²) in [6.07, 6.45) is -4.37. The molecule has 0 aromatic heterocycles. The normalized spacial score (nSPS) is 11.2. The van der Waals surface area contributed by atoms with Gasteiger partial charge in [-0.3, -0.25) is 0 Å². The zero-order valence-corrected chi connectivity index (χ0v) is 8.66. The number of para-hydroxylation sites is 1. The summed E-state index contributed by atoms with van der Waals surface area (Å²) in [4.78, 5) is 0. The molecule has 2 aromatic carbocycles. The molecule has 0 aliphatic carbocycles. The molecule has 0 heterocycles. The summed E-state index contributed by atoms with van der Waals surface area (Å²) in [5.41, 5.74) is -0.807. The number of halogens is 3. The minimum absolute atomic E-state index is 0.323. The van der Waals surface area contributed by atoms with Gasteiger partial charge in [-0.25, -0.2) is 0 Å². The highest BCUT2D eigenvalue weighted by Crippen LogP contribution is 2.30. The lowest BCUT2D eigenvalue weighted by atomic mass is 10.2. The largest absolute Gasteiger partial charge is 0.457 e. The average molecular weight is 237 g/mol. The summed E-state index contributed by atoms with van der Waals surface area (Å²) in [6, 6.07) is 14.4. The van der Waals surface area contributed by atoms with Gasteiger partial charge in [-0.15, -0.1) is 0 Å². The van der Waals surface area contributed by atoms with Crippen molar-refractivity contribution in [3.05, 3.63) is 60.2 Å². The number of hydrogen-bond acceptors (Lipinski definition) is 1. The molecular weight excluding hydrogens is 229 g/mol. The van der Waals surface area contributed by atoms with Crippen molar-refractivity contribution in [2.24, 2.45) is 0 Å². The van der Waals surface area contributed by atoms with E-state index in [0.29, 0.717) is 11.5 Å². The summed E-state index contributed by atoms with van der Waals surface area (Å²) in [7, 11) is 0. The van der Waals surface area contributed by atoms with Crippen LogP contribution in [0.25, 0.3) is 0 Å². The summed E-state index contributed by atoms with van der Waals surface area (Å²) in [6.45, 7) is 0. The lowest BCUT2D eigenvalue weighted by molar-refractivity contribution is -0.137. The van der Waals surface area contributed by atoms with Crippen molar-refractivity contribution in [2.75, 3.05) is 0 Å². The third-order valence-corrected chi connectivity index (χ3v) is 2.07. The van der Waals surface area contributed by atoms with Gasteiger partial charge in [0, 0.05) is 0 Å². The van der Waals surface area contributed by atoms with Crippen LogP contribution in [0.1, 0.15) is 5.56 Å². The summed E-state index contributed by atoms with van der Waals surface area (Å²) in [5, 5.41) is 0. The fourth-order valence-electron chi connectivity index (χ4n) is 1.27. The second-order valence-electron chi connectivity index (χ2n) is 3.35. The van der Waals surface area contributed by atoms with Crippen molar-refractivity contribution < 1.29 is 17.9 Å². The van der Waals surface area contributed by atoms with Crippen LogP contribution >= 0.6 is 0 Å². The molecule has 0 fully saturated rings. The standard InChI is InChI=1S/C13H8F3O/c14-13(15,16)10-6-8-12(9-7-10)17-11-4-2-1-3-5-11/h1-6,8-9H. The average Bonchev–Trinajstić information content (AvgIpc) is 2.30. The van der Waals surface area contributed by atoms with E-state index in [-0.39, 0.29) is 0 Å². The fourth-order valence-corrected chi connectivity index (χ4v) is 1.27. The monoisotopic (exact) mass is 237 g/mol. The lowest BCUT2D eigenvalue weighted by Gasteiger charge is -2.08. The summed E-state index contributed by atoms with van der Waals surface area (Å²) >= 11 is 0. The van der Waals surface area contributed by atoms with Crippen LogP contribution in [0, 0.1) is 6.07 Å². The van der Waals surface area contributed by atoms with Crippen LogP contribution in [-0.2, 0) is 6.18 Å². The molecule has 2 aromatic rings. The number of benzene rings is 2. The molecule has 0 bridgehead atoms. The smallest absolute Gasteiger partial charge is 0.417 e. The minimum Gasteiger partial charge on any atom is -0.457 e. The quantitative estimate of drug-likeness (QED) is 0.756. The van der Waals surface area contributed by atoms with E-state index in [2.05, 4.69) is 6.07 Å². The highest BCUT2D eigenvalue weighted by atomic mass is 19.4. The van der Waals surface area contributed by atoms with Gasteiger partial charge in [-0.2, -0.15) is 13.2 Å².